The minimum Gasteiger partial charge on any atom is -0.386 e. The molecule has 8 nitrogen and oxygen atoms in total. The van der Waals surface area contributed by atoms with Gasteiger partial charge in [0.15, 0.2) is 0 Å². The van der Waals surface area contributed by atoms with Crippen molar-refractivity contribution in [2.24, 2.45) is 0 Å². The Morgan fingerprint density at radius 2 is 1.67 bits per heavy atom. The molecule has 0 aliphatic carbocycles. The standard InChI is InChI=1S/C23H19FN4O4S/c1-25-21-13-15-11-12-28(22(29)19(15)14-20(21)24)17-9-7-16(8-10-17)26-23(30)27-33(31,32)18-5-3-2-4-6-18/h2-14,25H,1H3,(H2,26,27,30). The van der Waals surface area contributed by atoms with Gasteiger partial charge in [-0.3, -0.25) is 9.36 Å². The number of aromatic nitrogens is 1. The summed E-state index contributed by atoms with van der Waals surface area (Å²) in [5.74, 6) is -0.532. The molecule has 0 spiro atoms. The minimum absolute atomic E-state index is 0.0375. The van der Waals surface area contributed by atoms with Gasteiger partial charge >= 0.3 is 6.03 Å². The van der Waals surface area contributed by atoms with E-state index >= 15 is 0 Å². The monoisotopic (exact) mass is 466 g/mol. The predicted molar refractivity (Wildman–Crippen MR) is 125 cm³/mol. The van der Waals surface area contributed by atoms with Gasteiger partial charge in [-0.2, -0.15) is 0 Å². The number of fused-ring (bicyclic) bond motifs is 1. The van der Waals surface area contributed by atoms with Gasteiger partial charge in [-0.15, -0.1) is 0 Å². The lowest BCUT2D eigenvalue weighted by molar-refractivity contribution is 0.256. The SMILES string of the molecule is CNc1cc2ccn(-c3ccc(NC(=O)NS(=O)(=O)c4ccccc4)cc3)c(=O)c2cc1F. The number of hydrogen-bond donors (Lipinski definition) is 3. The summed E-state index contributed by atoms with van der Waals surface area (Å²) < 4.78 is 41.9. The quantitative estimate of drug-likeness (QED) is 0.416. The number of carbonyl (C=O) groups excluding carboxylic acids is 1. The zero-order valence-corrected chi connectivity index (χ0v) is 18.2. The zero-order valence-electron chi connectivity index (χ0n) is 17.4. The summed E-state index contributed by atoms with van der Waals surface area (Å²) in [7, 11) is -2.41. The fourth-order valence-corrected chi connectivity index (χ4v) is 4.23. The van der Waals surface area contributed by atoms with Crippen LogP contribution in [0.25, 0.3) is 16.5 Å². The van der Waals surface area contributed by atoms with Crippen LogP contribution in [0.1, 0.15) is 0 Å². The molecule has 4 rings (SSSR count). The number of halogens is 1. The highest BCUT2D eigenvalue weighted by Crippen LogP contribution is 2.21. The Morgan fingerprint density at radius 3 is 2.33 bits per heavy atom. The van der Waals surface area contributed by atoms with Crippen LogP contribution >= 0.6 is 0 Å². The van der Waals surface area contributed by atoms with E-state index in [2.05, 4.69) is 10.6 Å². The smallest absolute Gasteiger partial charge is 0.333 e. The number of nitrogens with one attached hydrogen (secondary N) is 3. The average molecular weight is 466 g/mol. The molecule has 3 N–H and O–H groups in total. The summed E-state index contributed by atoms with van der Waals surface area (Å²) in [6, 6.07) is 17.2. The molecule has 0 unspecified atom stereocenters. The molecule has 1 aromatic heterocycles. The lowest BCUT2D eigenvalue weighted by Gasteiger charge is -2.11. The van der Waals surface area contributed by atoms with E-state index in [1.165, 1.54) is 34.9 Å². The third-order valence-corrected chi connectivity index (χ3v) is 6.29. The van der Waals surface area contributed by atoms with Crippen LogP contribution in [-0.2, 0) is 10.0 Å². The summed E-state index contributed by atoms with van der Waals surface area (Å²) in [4.78, 5) is 25.0. The van der Waals surface area contributed by atoms with Crippen molar-refractivity contribution in [1.29, 1.82) is 0 Å². The number of anilines is 2. The van der Waals surface area contributed by atoms with E-state index in [-0.39, 0.29) is 10.3 Å². The molecule has 0 atom stereocenters. The number of pyridine rings is 1. The molecule has 33 heavy (non-hydrogen) atoms. The molecule has 0 aliphatic rings. The van der Waals surface area contributed by atoms with Gasteiger partial charge in [-0.25, -0.2) is 22.3 Å². The Kier molecular flexibility index (Phi) is 5.84. The van der Waals surface area contributed by atoms with Crippen LogP contribution in [0.5, 0.6) is 0 Å². The second-order valence-corrected chi connectivity index (χ2v) is 8.76. The van der Waals surface area contributed by atoms with E-state index in [0.717, 1.165) is 0 Å². The number of urea groups is 1. The lowest BCUT2D eigenvalue weighted by Crippen LogP contribution is -2.34. The van der Waals surface area contributed by atoms with Crippen LogP contribution in [0.3, 0.4) is 0 Å². The van der Waals surface area contributed by atoms with Crippen molar-refractivity contribution in [3.63, 3.8) is 0 Å². The minimum atomic E-state index is -4.01. The fourth-order valence-electron chi connectivity index (χ4n) is 3.30. The summed E-state index contributed by atoms with van der Waals surface area (Å²) >= 11 is 0. The molecular weight excluding hydrogens is 447 g/mol. The van der Waals surface area contributed by atoms with E-state index in [1.807, 2.05) is 4.72 Å². The molecule has 0 bridgehead atoms. The summed E-state index contributed by atoms with van der Waals surface area (Å²) in [6.07, 6.45) is 1.57. The van der Waals surface area contributed by atoms with Gasteiger partial charge in [0, 0.05) is 24.6 Å². The van der Waals surface area contributed by atoms with Crippen LogP contribution < -0.4 is 20.9 Å². The second kappa shape index (κ2) is 8.75. The van der Waals surface area contributed by atoms with Gasteiger partial charge in [-0.05, 0) is 60.0 Å². The Bertz CT molecular complexity index is 1500. The van der Waals surface area contributed by atoms with Crippen LogP contribution in [0.15, 0.2) is 88.7 Å². The summed E-state index contributed by atoms with van der Waals surface area (Å²) in [5.41, 5.74) is 0.699. The van der Waals surface area contributed by atoms with Crippen LogP contribution in [-0.4, -0.2) is 26.1 Å². The molecule has 10 heteroatoms. The van der Waals surface area contributed by atoms with Crippen LogP contribution in [0.2, 0.25) is 0 Å². The van der Waals surface area contributed by atoms with Gasteiger partial charge in [0.1, 0.15) is 5.82 Å². The molecule has 2 amide bonds. The molecule has 0 aliphatic heterocycles. The first-order chi connectivity index (χ1) is 15.8. The first-order valence-corrected chi connectivity index (χ1v) is 11.3. The van der Waals surface area contributed by atoms with E-state index in [9.17, 15) is 22.4 Å². The van der Waals surface area contributed by atoms with Crippen molar-refractivity contribution < 1.29 is 17.6 Å². The number of sulfonamides is 1. The predicted octanol–water partition coefficient (Wildman–Crippen LogP) is 3.68. The van der Waals surface area contributed by atoms with Gasteiger partial charge in [0.2, 0.25) is 0 Å². The normalized spacial score (nSPS) is 11.2. The highest BCUT2D eigenvalue weighted by atomic mass is 32.2. The van der Waals surface area contributed by atoms with Gasteiger partial charge in [-0.1, -0.05) is 18.2 Å². The fraction of sp³-hybridized carbons (Fsp3) is 0.0435. The molecule has 0 saturated heterocycles. The molecule has 1 heterocycles. The number of benzene rings is 3. The molecule has 0 fully saturated rings. The van der Waals surface area contributed by atoms with Crippen molar-refractivity contribution >= 4 is 38.2 Å². The van der Waals surface area contributed by atoms with E-state index in [4.69, 9.17) is 0 Å². The maximum Gasteiger partial charge on any atom is 0.333 e. The molecule has 168 valence electrons. The van der Waals surface area contributed by atoms with Crippen molar-refractivity contribution in [2.45, 2.75) is 4.90 Å². The third-order valence-electron chi connectivity index (χ3n) is 4.94. The topological polar surface area (TPSA) is 109 Å². The molecule has 4 aromatic rings. The highest BCUT2D eigenvalue weighted by Gasteiger charge is 2.17. The van der Waals surface area contributed by atoms with Gasteiger partial charge < -0.3 is 10.6 Å². The van der Waals surface area contributed by atoms with Crippen molar-refractivity contribution in [1.82, 2.24) is 9.29 Å². The maximum atomic E-state index is 14.1. The van der Waals surface area contributed by atoms with Crippen LogP contribution in [0.4, 0.5) is 20.6 Å². The lowest BCUT2D eigenvalue weighted by atomic mass is 10.1. The molecule has 3 aromatic carbocycles. The van der Waals surface area contributed by atoms with Crippen molar-refractivity contribution in [2.75, 3.05) is 17.7 Å². The second-order valence-electron chi connectivity index (χ2n) is 7.08. The Morgan fingerprint density at radius 1 is 0.970 bits per heavy atom. The number of rotatable bonds is 5. The highest BCUT2D eigenvalue weighted by molar-refractivity contribution is 7.90. The zero-order chi connectivity index (χ0) is 23.6. The largest absolute Gasteiger partial charge is 0.386 e. The number of carbonyl (C=O) groups is 1. The maximum absolute atomic E-state index is 14.1. The van der Waals surface area contributed by atoms with E-state index < -0.39 is 27.4 Å². The number of nitrogens with zero attached hydrogens (tertiary/aromatic N) is 1. The van der Waals surface area contributed by atoms with E-state index in [0.29, 0.717) is 22.4 Å². The Hall–Kier alpha value is -4.18. The van der Waals surface area contributed by atoms with Crippen molar-refractivity contribution in [3.05, 3.63) is 95.2 Å². The number of hydrogen-bond acceptors (Lipinski definition) is 5. The number of amides is 2. The first kappa shape index (κ1) is 22.0. The molecule has 0 saturated carbocycles. The van der Waals surface area contributed by atoms with Crippen molar-refractivity contribution in [3.8, 4) is 5.69 Å². The third kappa shape index (κ3) is 4.55. The Balaban J connectivity index is 1.54. The summed E-state index contributed by atoms with van der Waals surface area (Å²) in [6.45, 7) is 0. The van der Waals surface area contributed by atoms with Crippen LogP contribution in [0, 0.1) is 5.82 Å². The van der Waals surface area contributed by atoms with Gasteiger partial charge in [0.05, 0.1) is 16.0 Å². The first-order valence-electron chi connectivity index (χ1n) is 9.80. The summed E-state index contributed by atoms with van der Waals surface area (Å²) in [5, 5.41) is 5.99. The molecular formula is C23H19FN4O4S. The van der Waals surface area contributed by atoms with E-state index in [1.54, 1.807) is 55.7 Å². The Labute approximate surface area is 188 Å². The average Bonchev–Trinajstić information content (AvgIpc) is 2.80. The molecule has 0 radical (unpaired) electrons. The van der Waals surface area contributed by atoms with Gasteiger partial charge in [0.25, 0.3) is 15.6 Å².